The number of fused-ring (bicyclic) bond motifs is 1. The predicted octanol–water partition coefficient (Wildman–Crippen LogP) is 2.30. The molecular weight excluding hydrogens is 214 g/mol. The third-order valence-corrected chi connectivity index (χ3v) is 2.20. The number of allylic oxidation sites excluding steroid dienone is 1. The maximum atomic E-state index is 11.6. The van der Waals surface area contributed by atoms with Crippen LogP contribution in [0.3, 0.4) is 0 Å². The van der Waals surface area contributed by atoms with Gasteiger partial charge in [0.05, 0.1) is 5.52 Å². The molecule has 0 amide bonds. The summed E-state index contributed by atoms with van der Waals surface area (Å²) in [5.41, 5.74) is 1.64. The summed E-state index contributed by atoms with van der Waals surface area (Å²) in [5.74, 6) is -0.264. The van der Waals surface area contributed by atoms with E-state index in [1.165, 1.54) is 4.68 Å². The van der Waals surface area contributed by atoms with Crippen LogP contribution in [-0.4, -0.2) is 20.9 Å². The highest BCUT2D eigenvalue weighted by molar-refractivity contribution is 6.31. The summed E-state index contributed by atoms with van der Waals surface area (Å²) in [6.45, 7) is 5.20. The molecule has 0 aliphatic carbocycles. The van der Waals surface area contributed by atoms with Gasteiger partial charge >= 0.3 is 0 Å². The van der Waals surface area contributed by atoms with E-state index in [-0.39, 0.29) is 5.91 Å². The van der Waals surface area contributed by atoms with Crippen molar-refractivity contribution in [2.75, 3.05) is 0 Å². The molecule has 1 aromatic heterocycles. The van der Waals surface area contributed by atoms with Crippen molar-refractivity contribution in [3.63, 3.8) is 0 Å². The molecule has 0 aliphatic rings. The van der Waals surface area contributed by atoms with Gasteiger partial charge in [0.15, 0.2) is 0 Å². The van der Waals surface area contributed by atoms with Gasteiger partial charge in [0.1, 0.15) is 5.52 Å². The number of nitrogens with zero attached hydrogens (tertiary/aromatic N) is 3. The molecule has 2 rings (SSSR count). The Labute approximate surface area is 91.1 Å². The van der Waals surface area contributed by atoms with Gasteiger partial charge in [0.2, 0.25) is 0 Å². The molecule has 0 aliphatic heterocycles. The minimum atomic E-state index is -0.264. The number of rotatable bonds is 1. The molecular formula is C10H8ClN3O. The van der Waals surface area contributed by atoms with Crippen LogP contribution in [0.15, 0.2) is 30.4 Å². The normalized spacial score (nSPS) is 10.5. The summed E-state index contributed by atoms with van der Waals surface area (Å²) in [4.78, 5) is 11.6. The second kappa shape index (κ2) is 3.47. The lowest BCUT2D eigenvalue weighted by atomic mass is 10.3. The van der Waals surface area contributed by atoms with Crippen LogP contribution in [0, 0.1) is 0 Å². The molecule has 0 spiro atoms. The van der Waals surface area contributed by atoms with E-state index in [2.05, 4.69) is 16.9 Å². The smallest absolute Gasteiger partial charge is 0.267 e. The molecule has 0 atom stereocenters. The van der Waals surface area contributed by atoms with Crippen molar-refractivity contribution in [3.8, 4) is 0 Å². The van der Waals surface area contributed by atoms with Gasteiger partial charge in [0.25, 0.3) is 5.91 Å². The fourth-order valence-electron chi connectivity index (χ4n) is 1.23. The van der Waals surface area contributed by atoms with E-state index in [1.54, 1.807) is 25.1 Å². The highest BCUT2D eigenvalue weighted by Gasteiger charge is 2.12. The predicted molar refractivity (Wildman–Crippen MR) is 58.0 cm³/mol. The maximum absolute atomic E-state index is 11.6. The van der Waals surface area contributed by atoms with Crippen molar-refractivity contribution >= 4 is 28.5 Å². The van der Waals surface area contributed by atoms with Gasteiger partial charge in [-0.05, 0) is 25.1 Å². The van der Waals surface area contributed by atoms with Crippen molar-refractivity contribution in [2.45, 2.75) is 6.92 Å². The molecule has 4 nitrogen and oxygen atoms in total. The van der Waals surface area contributed by atoms with Crippen LogP contribution >= 0.6 is 11.6 Å². The van der Waals surface area contributed by atoms with Gasteiger partial charge in [-0.25, -0.2) is 0 Å². The Bertz CT molecular complexity index is 559. The molecule has 0 fully saturated rings. The standard InChI is InChI=1S/C10H8ClN3O/c1-6(2)10(15)14-9-4-3-7(11)5-8(9)12-13-14/h3-5H,1H2,2H3. The lowest BCUT2D eigenvalue weighted by Gasteiger charge is -1.98. The molecule has 1 heterocycles. The summed E-state index contributed by atoms with van der Waals surface area (Å²) in [6, 6.07) is 5.06. The van der Waals surface area contributed by atoms with E-state index in [0.717, 1.165) is 0 Å². The Morgan fingerprint density at radius 1 is 1.53 bits per heavy atom. The molecule has 0 unspecified atom stereocenters. The lowest BCUT2D eigenvalue weighted by Crippen LogP contribution is -2.12. The van der Waals surface area contributed by atoms with E-state index in [1.807, 2.05) is 0 Å². The van der Waals surface area contributed by atoms with Gasteiger partial charge in [-0.15, -0.1) is 5.10 Å². The Morgan fingerprint density at radius 2 is 2.27 bits per heavy atom. The quantitative estimate of drug-likeness (QED) is 0.695. The molecule has 0 saturated carbocycles. The Hall–Kier alpha value is -1.68. The molecule has 0 radical (unpaired) electrons. The topological polar surface area (TPSA) is 47.8 Å². The summed E-state index contributed by atoms with van der Waals surface area (Å²) < 4.78 is 1.22. The molecule has 2 aromatic rings. The number of hydrogen-bond donors (Lipinski definition) is 0. The van der Waals surface area contributed by atoms with Crippen molar-refractivity contribution in [1.29, 1.82) is 0 Å². The average Bonchev–Trinajstić information content (AvgIpc) is 2.59. The summed E-state index contributed by atoms with van der Waals surface area (Å²) in [7, 11) is 0. The Balaban J connectivity index is 2.64. The monoisotopic (exact) mass is 221 g/mol. The fraction of sp³-hybridized carbons (Fsp3) is 0.100. The molecule has 5 heteroatoms. The van der Waals surface area contributed by atoms with Crippen LogP contribution in [0.2, 0.25) is 5.02 Å². The van der Waals surface area contributed by atoms with Crippen LogP contribution < -0.4 is 0 Å². The van der Waals surface area contributed by atoms with Gasteiger partial charge < -0.3 is 0 Å². The first-order chi connectivity index (χ1) is 7.09. The number of halogens is 1. The number of hydrogen-bond acceptors (Lipinski definition) is 3. The van der Waals surface area contributed by atoms with Crippen LogP contribution in [0.25, 0.3) is 11.0 Å². The first-order valence-electron chi connectivity index (χ1n) is 4.31. The Morgan fingerprint density at radius 3 is 2.93 bits per heavy atom. The largest absolute Gasteiger partial charge is 0.275 e. The first-order valence-corrected chi connectivity index (χ1v) is 4.68. The molecule has 15 heavy (non-hydrogen) atoms. The number of carbonyl (C=O) groups is 1. The molecule has 76 valence electrons. The zero-order valence-electron chi connectivity index (χ0n) is 8.07. The molecule has 0 saturated heterocycles. The lowest BCUT2D eigenvalue weighted by molar-refractivity contribution is 0.0944. The summed E-state index contributed by atoms with van der Waals surface area (Å²) >= 11 is 5.79. The molecule has 0 bridgehead atoms. The van der Waals surface area contributed by atoms with Crippen LogP contribution in [0.5, 0.6) is 0 Å². The van der Waals surface area contributed by atoms with E-state index in [0.29, 0.717) is 21.6 Å². The van der Waals surface area contributed by atoms with Crippen molar-refractivity contribution < 1.29 is 4.79 Å². The van der Waals surface area contributed by atoms with Crippen molar-refractivity contribution in [3.05, 3.63) is 35.4 Å². The summed E-state index contributed by atoms with van der Waals surface area (Å²) in [5, 5.41) is 8.17. The average molecular weight is 222 g/mol. The second-order valence-corrected chi connectivity index (χ2v) is 3.66. The van der Waals surface area contributed by atoms with Crippen LogP contribution in [0.4, 0.5) is 0 Å². The first kappa shape index (κ1) is 9.86. The minimum absolute atomic E-state index is 0.264. The maximum Gasteiger partial charge on any atom is 0.275 e. The highest BCUT2D eigenvalue weighted by Crippen LogP contribution is 2.17. The number of aromatic nitrogens is 3. The SMILES string of the molecule is C=C(C)C(=O)n1nnc2cc(Cl)ccc21. The molecule has 1 aromatic carbocycles. The van der Waals surface area contributed by atoms with Gasteiger partial charge in [0, 0.05) is 10.6 Å². The minimum Gasteiger partial charge on any atom is -0.267 e. The number of carbonyl (C=O) groups excluding carboxylic acids is 1. The third-order valence-electron chi connectivity index (χ3n) is 1.97. The third kappa shape index (κ3) is 1.64. The van der Waals surface area contributed by atoms with E-state index < -0.39 is 0 Å². The van der Waals surface area contributed by atoms with Gasteiger partial charge in [-0.1, -0.05) is 23.4 Å². The van der Waals surface area contributed by atoms with E-state index >= 15 is 0 Å². The summed E-state index contributed by atoms with van der Waals surface area (Å²) in [6.07, 6.45) is 0. The Kier molecular flexibility index (Phi) is 2.28. The zero-order chi connectivity index (χ0) is 11.0. The fourth-order valence-corrected chi connectivity index (χ4v) is 1.39. The van der Waals surface area contributed by atoms with Crippen LogP contribution in [0.1, 0.15) is 11.7 Å². The van der Waals surface area contributed by atoms with E-state index in [4.69, 9.17) is 11.6 Å². The zero-order valence-corrected chi connectivity index (χ0v) is 8.82. The van der Waals surface area contributed by atoms with Crippen molar-refractivity contribution in [1.82, 2.24) is 15.0 Å². The van der Waals surface area contributed by atoms with E-state index in [9.17, 15) is 4.79 Å². The molecule has 0 N–H and O–H groups in total. The van der Waals surface area contributed by atoms with Crippen molar-refractivity contribution in [2.24, 2.45) is 0 Å². The number of benzene rings is 1. The van der Waals surface area contributed by atoms with Gasteiger partial charge in [-0.2, -0.15) is 4.68 Å². The van der Waals surface area contributed by atoms with Crippen LogP contribution in [-0.2, 0) is 0 Å². The van der Waals surface area contributed by atoms with Gasteiger partial charge in [-0.3, -0.25) is 4.79 Å². The second-order valence-electron chi connectivity index (χ2n) is 3.22. The highest BCUT2D eigenvalue weighted by atomic mass is 35.5.